The molecule has 0 saturated heterocycles. The van der Waals surface area contributed by atoms with Gasteiger partial charge in [-0.05, 0) is 17.7 Å². The molecule has 2 aromatic rings. The molecule has 6 heteroatoms. The van der Waals surface area contributed by atoms with E-state index in [-0.39, 0.29) is 13.2 Å². The highest BCUT2D eigenvalue weighted by molar-refractivity contribution is 5.27. The number of nitrogens with two attached hydrogens (primary N) is 1. The summed E-state index contributed by atoms with van der Waals surface area (Å²) >= 11 is 0. The quantitative estimate of drug-likeness (QED) is 0.778. The first kappa shape index (κ1) is 14.4. The molecule has 1 heterocycles. The number of aliphatic hydroxyl groups excluding tert-OH is 1. The molecule has 1 unspecified atom stereocenters. The van der Waals surface area contributed by atoms with Crippen LogP contribution in [0.3, 0.4) is 0 Å². The lowest BCUT2D eigenvalue weighted by Gasteiger charge is -2.13. The van der Waals surface area contributed by atoms with Gasteiger partial charge >= 0.3 is 0 Å². The molecule has 1 atom stereocenters. The molecule has 0 saturated carbocycles. The molecule has 1 aromatic heterocycles. The normalized spacial score (nSPS) is 12.2. The van der Waals surface area contributed by atoms with Crippen molar-refractivity contribution in [1.82, 2.24) is 9.78 Å². The zero-order chi connectivity index (χ0) is 14.4. The van der Waals surface area contributed by atoms with Gasteiger partial charge in [0, 0.05) is 13.6 Å². The van der Waals surface area contributed by atoms with Crippen LogP contribution in [0.1, 0.15) is 5.56 Å². The highest BCUT2D eigenvalue weighted by Crippen LogP contribution is 2.12. The molecule has 2 rings (SSSR count). The Balaban J connectivity index is 1.72. The first-order valence-electron chi connectivity index (χ1n) is 6.38. The fraction of sp³-hybridized carbons (Fsp3) is 0.357. The van der Waals surface area contributed by atoms with Crippen LogP contribution in [0.2, 0.25) is 0 Å². The number of aliphatic hydroxyl groups is 1. The van der Waals surface area contributed by atoms with Crippen LogP contribution in [-0.4, -0.2) is 34.2 Å². The zero-order valence-corrected chi connectivity index (χ0v) is 11.4. The number of ether oxygens (including phenoxy) is 2. The van der Waals surface area contributed by atoms with Crippen molar-refractivity contribution in [3.63, 3.8) is 0 Å². The van der Waals surface area contributed by atoms with Crippen molar-refractivity contribution in [3.8, 4) is 11.5 Å². The predicted molar refractivity (Wildman–Crippen MR) is 74.5 cm³/mol. The van der Waals surface area contributed by atoms with Crippen molar-refractivity contribution in [2.75, 3.05) is 13.2 Å². The van der Waals surface area contributed by atoms with E-state index >= 15 is 0 Å². The van der Waals surface area contributed by atoms with Gasteiger partial charge in [-0.3, -0.25) is 4.68 Å². The Labute approximate surface area is 117 Å². The van der Waals surface area contributed by atoms with Gasteiger partial charge in [0.2, 0.25) is 0 Å². The first-order chi connectivity index (χ1) is 9.67. The molecular formula is C14H19N3O3. The van der Waals surface area contributed by atoms with Crippen LogP contribution in [0, 0.1) is 0 Å². The molecule has 0 fully saturated rings. The standard InChI is InChI=1S/C14H19N3O3/c1-17-8-14(7-16-17)20-10-12(18)9-19-13-4-2-11(6-15)3-5-13/h2-5,7-8,12,18H,6,9-10,15H2,1H3. The van der Waals surface area contributed by atoms with Crippen molar-refractivity contribution in [1.29, 1.82) is 0 Å². The maximum absolute atomic E-state index is 9.78. The minimum Gasteiger partial charge on any atom is -0.491 e. The SMILES string of the molecule is Cn1cc(OCC(O)COc2ccc(CN)cc2)cn1. The summed E-state index contributed by atoms with van der Waals surface area (Å²) in [7, 11) is 1.80. The van der Waals surface area contributed by atoms with Gasteiger partial charge < -0.3 is 20.3 Å². The van der Waals surface area contributed by atoms with E-state index in [1.54, 1.807) is 24.1 Å². The third kappa shape index (κ3) is 4.25. The van der Waals surface area contributed by atoms with Crippen LogP contribution >= 0.6 is 0 Å². The maximum atomic E-state index is 9.78. The third-order valence-corrected chi connectivity index (χ3v) is 2.73. The molecule has 0 bridgehead atoms. The van der Waals surface area contributed by atoms with Gasteiger partial charge in [-0.25, -0.2) is 0 Å². The van der Waals surface area contributed by atoms with Crippen molar-refractivity contribution in [2.24, 2.45) is 12.8 Å². The molecule has 108 valence electrons. The lowest BCUT2D eigenvalue weighted by molar-refractivity contribution is 0.0626. The van der Waals surface area contributed by atoms with Gasteiger partial charge in [0.1, 0.15) is 25.1 Å². The van der Waals surface area contributed by atoms with Gasteiger partial charge in [-0.2, -0.15) is 5.10 Å². The molecule has 0 spiro atoms. The topological polar surface area (TPSA) is 82.5 Å². The average Bonchev–Trinajstić information content (AvgIpc) is 2.89. The largest absolute Gasteiger partial charge is 0.491 e. The fourth-order valence-corrected chi connectivity index (χ4v) is 1.63. The molecule has 0 amide bonds. The van der Waals surface area contributed by atoms with E-state index in [4.69, 9.17) is 15.2 Å². The Kier molecular flexibility index (Phi) is 4.97. The molecular weight excluding hydrogens is 258 g/mol. The van der Waals surface area contributed by atoms with E-state index < -0.39 is 6.10 Å². The summed E-state index contributed by atoms with van der Waals surface area (Å²) in [5.74, 6) is 1.32. The molecule has 0 radical (unpaired) electrons. The number of benzene rings is 1. The van der Waals surface area contributed by atoms with E-state index in [0.717, 1.165) is 5.56 Å². The Bertz CT molecular complexity index is 525. The third-order valence-electron chi connectivity index (χ3n) is 2.73. The Morgan fingerprint density at radius 1 is 1.20 bits per heavy atom. The van der Waals surface area contributed by atoms with Crippen molar-refractivity contribution >= 4 is 0 Å². The number of aromatic nitrogens is 2. The molecule has 20 heavy (non-hydrogen) atoms. The van der Waals surface area contributed by atoms with E-state index in [1.165, 1.54) is 0 Å². The van der Waals surface area contributed by atoms with Gasteiger partial charge in [-0.15, -0.1) is 0 Å². The van der Waals surface area contributed by atoms with Crippen LogP contribution in [0.5, 0.6) is 11.5 Å². The van der Waals surface area contributed by atoms with E-state index in [9.17, 15) is 5.11 Å². The Morgan fingerprint density at radius 2 is 1.85 bits per heavy atom. The Morgan fingerprint density at radius 3 is 2.40 bits per heavy atom. The highest BCUT2D eigenvalue weighted by atomic mass is 16.5. The van der Waals surface area contributed by atoms with Crippen LogP contribution < -0.4 is 15.2 Å². The van der Waals surface area contributed by atoms with Crippen molar-refractivity contribution in [3.05, 3.63) is 42.2 Å². The highest BCUT2D eigenvalue weighted by Gasteiger charge is 2.07. The van der Waals surface area contributed by atoms with Gasteiger partial charge in [-0.1, -0.05) is 12.1 Å². The number of hydrogen-bond acceptors (Lipinski definition) is 5. The van der Waals surface area contributed by atoms with Gasteiger partial charge in [0.05, 0.1) is 12.4 Å². The molecule has 0 aliphatic heterocycles. The summed E-state index contributed by atoms with van der Waals surface area (Å²) in [5, 5.41) is 13.8. The predicted octanol–water partition coefficient (Wildman–Crippen LogP) is 0.697. The molecule has 6 nitrogen and oxygen atoms in total. The minimum absolute atomic E-state index is 0.159. The first-order valence-corrected chi connectivity index (χ1v) is 6.38. The van der Waals surface area contributed by atoms with Crippen LogP contribution in [-0.2, 0) is 13.6 Å². The molecule has 0 aliphatic carbocycles. The maximum Gasteiger partial charge on any atom is 0.157 e. The minimum atomic E-state index is -0.704. The lowest BCUT2D eigenvalue weighted by Crippen LogP contribution is -2.25. The summed E-state index contributed by atoms with van der Waals surface area (Å²) in [6, 6.07) is 7.45. The fourth-order valence-electron chi connectivity index (χ4n) is 1.63. The van der Waals surface area contributed by atoms with E-state index in [2.05, 4.69) is 5.10 Å². The zero-order valence-electron chi connectivity index (χ0n) is 11.4. The van der Waals surface area contributed by atoms with E-state index in [1.807, 2.05) is 24.3 Å². The molecule has 1 aromatic carbocycles. The lowest BCUT2D eigenvalue weighted by atomic mass is 10.2. The summed E-state index contributed by atoms with van der Waals surface area (Å²) in [4.78, 5) is 0. The number of nitrogens with zero attached hydrogens (tertiary/aromatic N) is 2. The van der Waals surface area contributed by atoms with Crippen molar-refractivity contribution in [2.45, 2.75) is 12.6 Å². The van der Waals surface area contributed by atoms with Gasteiger partial charge in [0.25, 0.3) is 0 Å². The molecule has 0 aliphatic rings. The van der Waals surface area contributed by atoms with E-state index in [0.29, 0.717) is 18.0 Å². The summed E-state index contributed by atoms with van der Waals surface area (Å²) in [6.07, 6.45) is 2.63. The van der Waals surface area contributed by atoms with Crippen LogP contribution in [0.15, 0.2) is 36.7 Å². The van der Waals surface area contributed by atoms with Gasteiger partial charge in [0.15, 0.2) is 5.75 Å². The summed E-state index contributed by atoms with van der Waals surface area (Å²) in [6.45, 7) is 0.830. The number of hydrogen-bond donors (Lipinski definition) is 2. The number of aryl methyl sites for hydroxylation is 1. The second kappa shape index (κ2) is 6.93. The Hall–Kier alpha value is -2.05. The monoisotopic (exact) mass is 277 g/mol. The number of rotatable bonds is 7. The smallest absolute Gasteiger partial charge is 0.157 e. The molecule has 3 N–H and O–H groups in total. The van der Waals surface area contributed by atoms with Crippen LogP contribution in [0.25, 0.3) is 0 Å². The average molecular weight is 277 g/mol. The van der Waals surface area contributed by atoms with Crippen molar-refractivity contribution < 1.29 is 14.6 Å². The van der Waals surface area contributed by atoms with Crippen LogP contribution in [0.4, 0.5) is 0 Å². The summed E-state index contributed by atoms with van der Waals surface area (Å²) in [5.41, 5.74) is 6.55. The second-order valence-electron chi connectivity index (χ2n) is 4.47. The second-order valence-corrected chi connectivity index (χ2v) is 4.47. The summed E-state index contributed by atoms with van der Waals surface area (Å²) < 4.78 is 12.5.